The number of rotatable bonds is 4. The molecule has 2 rings (SSSR count). The maximum Gasteiger partial charge on any atom is 0.325 e. The molecule has 0 aliphatic heterocycles. The molecule has 0 fully saturated rings. The van der Waals surface area contributed by atoms with Gasteiger partial charge in [-0.25, -0.2) is 0 Å². The number of aromatic nitrogens is 2. The smallest absolute Gasteiger partial charge is 0.325 e. The third-order valence-electron chi connectivity index (χ3n) is 2.76. The molecule has 94 valence electrons. The van der Waals surface area contributed by atoms with Gasteiger partial charge >= 0.3 is 5.97 Å². The van der Waals surface area contributed by atoms with Crippen molar-refractivity contribution in [3.63, 3.8) is 0 Å². The van der Waals surface area contributed by atoms with E-state index in [0.717, 1.165) is 16.9 Å². The fraction of sp³-hybridized carbons (Fsp3) is 0.231. The van der Waals surface area contributed by atoms with Crippen LogP contribution in [-0.2, 0) is 11.8 Å². The molecule has 0 unspecified atom stereocenters. The minimum atomic E-state index is -0.870. The Bertz CT molecular complexity index is 546. The largest absolute Gasteiger partial charge is 0.480 e. The summed E-state index contributed by atoms with van der Waals surface area (Å²) in [5.74, 6) is -0.870. The van der Waals surface area contributed by atoms with E-state index in [-0.39, 0.29) is 0 Å². The van der Waals surface area contributed by atoms with Crippen LogP contribution in [0, 0.1) is 0 Å². The summed E-state index contributed by atoms with van der Waals surface area (Å²) in [7, 11) is 1.88. The molecule has 1 atom stereocenters. The standard InChI is InChI=1S/C13H15N3O2/c1-9(13(17)18)15-11-5-3-10(4-6-11)12-7-8-14-16(12)2/h3-9,15H,1-2H3,(H,17,18)/t9-/m0/s1. The molecule has 0 aliphatic carbocycles. The number of nitrogens with one attached hydrogen (secondary N) is 1. The second kappa shape index (κ2) is 4.91. The van der Waals surface area contributed by atoms with E-state index < -0.39 is 12.0 Å². The minimum Gasteiger partial charge on any atom is -0.480 e. The molecule has 0 saturated carbocycles. The minimum absolute atomic E-state index is 0.604. The van der Waals surface area contributed by atoms with Gasteiger partial charge in [-0.15, -0.1) is 0 Å². The molecule has 0 amide bonds. The van der Waals surface area contributed by atoms with Gasteiger partial charge in [0.2, 0.25) is 0 Å². The normalized spacial score (nSPS) is 12.1. The first-order valence-corrected chi connectivity index (χ1v) is 5.65. The molecule has 0 radical (unpaired) electrons. The quantitative estimate of drug-likeness (QED) is 0.864. The summed E-state index contributed by atoms with van der Waals surface area (Å²) < 4.78 is 1.79. The van der Waals surface area contributed by atoms with E-state index in [9.17, 15) is 4.79 Å². The molecule has 1 aromatic carbocycles. The Morgan fingerprint density at radius 3 is 2.50 bits per heavy atom. The van der Waals surface area contributed by atoms with Crippen LogP contribution in [0.4, 0.5) is 5.69 Å². The van der Waals surface area contributed by atoms with Crippen molar-refractivity contribution in [2.75, 3.05) is 5.32 Å². The summed E-state index contributed by atoms with van der Waals surface area (Å²) in [6.07, 6.45) is 1.74. The monoisotopic (exact) mass is 245 g/mol. The van der Waals surface area contributed by atoms with E-state index in [4.69, 9.17) is 5.11 Å². The van der Waals surface area contributed by atoms with Gasteiger partial charge in [0.1, 0.15) is 6.04 Å². The third-order valence-corrected chi connectivity index (χ3v) is 2.76. The van der Waals surface area contributed by atoms with Crippen molar-refractivity contribution in [3.8, 4) is 11.3 Å². The molecule has 2 aromatic rings. The van der Waals surface area contributed by atoms with Crippen LogP contribution in [0.25, 0.3) is 11.3 Å². The lowest BCUT2D eigenvalue weighted by Gasteiger charge is -2.11. The summed E-state index contributed by atoms with van der Waals surface area (Å²) in [5.41, 5.74) is 2.85. The van der Waals surface area contributed by atoms with Gasteiger partial charge in [-0.1, -0.05) is 12.1 Å². The number of aryl methyl sites for hydroxylation is 1. The molecule has 0 aliphatic rings. The Hall–Kier alpha value is -2.30. The van der Waals surface area contributed by atoms with Gasteiger partial charge in [-0.05, 0) is 30.7 Å². The number of carboxylic acid groups (broad SMARTS) is 1. The highest BCUT2D eigenvalue weighted by atomic mass is 16.4. The van der Waals surface area contributed by atoms with Crippen molar-refractivity contribution in [2.24, 2.45) is 7.05 Å². The van der Waals surface area contributed by atoms with Gasteiger partial charge in [0.25, 0.3) is 0 Å². The molecule has 0 saturated heterocycles. The molecule has 1 aromatic heterocycles. The average Bonchev–Trinajstić information content (AvgIpc) is 2.76. The van der Waals surface area contributed by atoms with E-state index in [1.165, 1.54) is 0 Å². The number of hydrogen-bond acceptors (Lipinski definition) is 3. The molecule has 2 N–H and O–H groups in total. The van der Waals surface area contributed by atoms with E-state index >= 15 is 0 Å². The maximum absolute atomic E-state index is 10.7. The lowest BCUT2D eigenvalue weighted by molar-refractivity contribution is -0.137. The molecule has 0 bridgehead atoms. The van der Waals surface area contributed by atoms with Crippen molar-refractivity contribution in [2.45, 2.75) is 13.0 Å². The van der Waals surface area contributed by atoms with E-state index in [2.05, 4.69) is 10.4 Å². The molecular weight excluding hydrogens is 230 g/mol. The average molecular weight is 245 g/mol. The molecule has 5 nitrogen and oxygen atoms in total. The summed E-state index contributed by atoms with van der Waals surface area (Å²) in [6.45, 7) is 1.61. The zero-order valence-electron chi connectivity index (χ0n) is 10.3. The zero-order valence-corrected chi connectivity index (χ0v) is 10.3. The first-order chi connectivity index (χ1) is 8.58. The molecular formula is C13H15N3O2. The summed E-state index contributed by atoms with van der Waals surface area (Å²) in [5, 5.41) is 15.8. The highest BCUT2D eigenvalue weighted by Crippen LogP contribution is 2.20. The van der Waals surface area contributed by atoms with Crippen LogP contribution >= 0.6 is 0 Å². The van der Waals surface area contributed by atoms with Crippen molar-refractivity contribution in [1.82, 2.24) is 9.78 Å². The van der Waals surface area contributed by atoms with Gasteiger partial charge < -0.3 is 10.4 Å². The Morgan fingerprint density at radius 2 is 2.00 bits per heavy atom. The highest BCUT2D eigenvalue weighted by Gasteiger charge is 2.10. The van der Waals surface area contributed by atoms with Crippen LogP contribution in [-0.4, -0.2) is 26.9 Å². The second-order valence-corrected chi connectivity index (χ2v) is 4.12. The number of carbonyl (C=O) groups is 1. The van der Waals surface area contributed by atoms with Crippen LogP contribution in [0.5, 0.6) is 0 Å². The topological polar surface area (TPSA) is 67.2 Å². The predicted molar refractivity (Wildman–Crippen MR) is 69.4 cm³/mol. The Balaban J connectivity index is 2.16. The number of carboxylic acids is 1. The van der Waals surface area contributed by atoms with Gasteiger partial charge in [0.15, 0.2) is 0 Å². The number of nitrogens with zero attached hydrogens (tertiary/aromatic N) is 2. The SMILES string of the molecule is C[C@H](Nc1ccc(-c2ccnn2C)cc1)C(=O)O. The van der Waals surface area contributed by atoms with Crippen LogP contribution in [0.3, 0.4) is 0 Å². The summed E-state index contributed by atoms with van der Waals surface area (Å²) in [6, 6.07) is 8.93. The van der Waals surface area contributed by atoms with Crippen molar-refractivity contribution in [3.05, 3.63) is 36.5 Å². The molecule has 1 heterocycles. The summed E-state index contributed by atoms with van der Waals surface area (Å²) >= 11 is 0. The molecule has 0 spiro atoms. The number of anilines is 1. The van der Waals surface area contributed by atoms with Crippen molar-refractivity contribution >= 4 is 11.7 Å². The van der Waals surface area contributed by atoms with Crippen LogP contribution in [0.2, 0.25) is 0 Å². The van der Waals surface area contributed by atoms with Crippen LogP contribution in [0.15, 0.2) is 36.5 Å². The van der Waals surface area contributed by atoms with Gasteiger partial charge in [-0.2, -0.15) is 5.10 Å². The third kappa shape index (κ3) is 2.51. The Labute approximate surface area is 105 Å². The molecule has 18 heavy (non-hydrogen) atoms. The van der Waals surface area contributed by atoms with Crippen LogP contribution in [0.1, 0.15) is 6.92 Å². The van der Waals surface area contributed by atoms with Crippen LogP contribution < -0.4 is 5.32 Å². The Kier molecular flexibility index (Phi) is 3.32. The predicted octanol–water partition coefficient (Wildman–Crippen LogP) is 1.97. The highest BCUT2D eigenvalue weighted by molar-refractivity contribution is 5.77. The lowest BCUT2D eigenvalue weighted by Crippen LogP contribution is -2.25. The van der Waals surface area contributed by atoms with Crippen molar-refractivity contribution < 1.29 is 9.90 Å². The van der Waals surface area contributed by atoms with Gasteiger partial charge in [-0.3, -0.25) is 9.48 Å². The van der Waals surface area contributed by atoms with E-state index in [1.807, 2.05) is 37.4 Å². The fourth-order valence-corrected chi connectivity index (χ4v) is 1.71. The number of benzene rings is 1. The first-order valence-electron chi connectivity index (χ1n) is 5.65. The molecule has 5 heteroatoms. The van der Waals surface area contributed by atoms with Gasteiger partial charge in [0.05, 0.1) is 5.69 Å². The fourth-order valence-electron chi connectivity index (χ4n) is 1.71. The van der Waals surface area contributed by atoms with Gasteiger partial charge in [0, 0.05) is 18.9 Å². The first kappa shape index (κ1) is 12.2. The second-order valence-electron chi connectivity index (χ2n) is 4.12. The van der Waals surface area contributed by atoms with E-state index in [1.54, 1.807) is 17.8 Å². The number of hydrogen-bond donors (Lipinski definition) is 2. The number of aliphatic carboxylic acids is 1. The lowest BCUT2D eigenvalue weighted by atomic mass is 10.1. The Morgan fingerprint density at radius 1 is 1.33 bits per heavy atom. The summed E-state index contributed by atoms with van der Waals surface area (Å²) in [4.78, 5) is 10.7. The zero-order chi connectivity index (χ0) is 13.1. The van der Waals surface area contributed by atoms with E-state index in [0.29, 0.717) is 0 Å². The van der Waals surface area contributed by atoms with Crippen molar-refractivity contribution in [1.29, 1.82) is 0 Å². The maximum atomic E-state index is 10.7.